The third-order valence-corrected chi connectivity index (χ3v) is 4.59. The number of hydrogen-bond acceptors (Lipinski definition) is 3. The van der Waals surface area contributed by atoms with Crippen LogP contribution in [0.25, 0.3) is 11.1 Å². The van der Waals surface area contributed by atoms with Crippen molar-refractivity contribution in [1.82, 2.24) is 5.32 Å². The number of carbonyl (C=O) groups excluding carboxylic acids is 2. The average molecular weight is 323 g/mol. The normalized spacial score (nSPS) is 13.8. The first-order valence-corrected chi connectivity index (χ1v) is 8.17. The molecule has 24 heavy (non-hydrogen) atoms. The van der Waals surface area contributed by atoms with Crippen LogP contribution in [-0.2, 0) is 9.53 Å². The van der Waals surface area contributed by atoms with Crippen LogP contribution < -0.4 is 5.32 Å². The summed E-state index contributed by atoms with van der Waals surface area (Å²) in [5.41, 5.74) is 4.77. The first kappa shape index (κ1) is 16.2. The zero-order valence-corrected chi connectivity index (χ0v) is 13.9. The highest BCUT2D eigenvalue weighted by Gasteiger charge is 2.28. The van der Waals surface area contributed by atoms with Gasteiger partial charge in [0.2, 0.25) is 0 Å². The number of hydrogen-bond donors (Lipinski definition) is 1. The van der Waals surface area contributed by atoms with Crippen molar-refractivity contribution in [3.05, 3.63) is 59.7 Å². The van der Waals surface area contributed by atoms with E-state index < -0.39 is 6.09 Å². The number of ether oxygens (including phenoxy) is 1. The maximum Gasteiger partial charge on any atom is 0.407 e. The lowest BCUT2D eigenvalue weighted by Gasteiger charge is -2.15. The Labute approximate surface area is 141 Å². The van der Waals surface area contributed by atoms with E-state index in [1.165, 1.54) is 29.2 Å². The molecule has 0 spiro atoms. The summed E-state index contributed by atoms with van der Waals surface area (Å²) in [6.07, 6.45) is -0.482. The summed E-state index contributed by atoms with van der Waals surface area (Å²) in [5.74, 6) is -0.104. The first-order chi connectivity index (χ1) is 11.6. The molecule has 1 aliphatic rings. The van der Waals surface area contributed by atoms with Gasteiger partial charge in [-0.15, -0.1) is 0 Å². The zero-order chi connectivity index (χ0) is 17.1. The van der Waals surface area contributed by atoms with E-state index in [0.29, 0.717) is 6.54 Å². The molecule has 3 rings (SSSR count). The van der Waals surface area contributed by atoms with Crippen LogP contribution in [0.3, 0.4) is 0 Å². The minimum absolute atomic E-state index is 0.0494. The Bertz CT molecular complexity index is 723. The quantitative estimate of drug-likeness (QED) is 0.911. The molecule has 124 valence electrons. The minimum atomic E-state index is -0.482. The highest BCUT2D eigenvalue weighted by Crippen LogP contribution is 2.44. The molecule has 0 fully saturated rings. The van der Waals surface area contributed by atoms with Crippen molar-refractivity contribution in [2.24, 2.45) is 5.92 Å². The van der Waals surface area contributed by atoms with Gasteiger partial charge in [-0.25, -0.2) is 4.79 Å². The predicted octanol–water partition coefficient (Wildman–Crippen LogP) is 3.75. The van der Waals surface area contributed by atoms with E-state index in [9.17, 15) is 9.59 Å². The summed E-state index contributed by atoms with van der Waals surface area (Å²) in [5, 5.41) is 2.65. The lowest BCUT2D eigenvalue weighted by atomic mass is 9.98. The van der Waals surface area contributed by atoms with Crippen molar-refractivity contribution in [2.45, 2.75) is 19.8 Å². The Morgan fingerprint density at radius 1 is 1.04 bits per heavy atom. The van der Waals surface area contributed by atoms with Crippen LogP contribution in [0.5, 0.6) is 0 Å². The molecule has 0 bridgehead atoms. The second-order valence-corrected chi connectivity index (χ2v) is 6.22. The molecule has 1 atom stereocenters. The summed E-state index contributed by atoms with van der Waals surface area (Å²) in [6.45, 7) is 3.89. The third-order valence-electron chi connectivity index (χ3n) is 4.59. The Hall–Kier alpha value is -2.62. The number of amides is 1. The topological polar surface area (TPSA) is 55.4 Å². The maximum atomic E-state index is 11.9. The van der Waals surface area contributed by atoms with E-state index in [1.54, 1.807) is 6.92 Å². The largest absolute Gasteiger partial charge is 0.449 e. The number of Topliss-reactive ketones (excluding diaryl/α,β-unsaturated/α-hetero) is 1. The van der Waals surface area contributed by atoms with Crippen LogP contribution in [0.15, 0.2) is 48.5 Å². The molecular weight excluding hydrogens is 302 g/mol. The van der Waals surface area contributed by atoms with E-state index in [2.05, 4.69) is 29.6 Å². The van der Waals surface area contributed by atoms with Crippen LogP contribution in [-0.4, -0.2) is 25.0 Å². The van der Waals surface area contributed by atoms with Crippen molar-refractivity contribution in [1.29, 1.82) is 0 Å². The van der Waals surface area contributed by atoms with Crippen LogP contribution in [0.1, 0.15) is 30.9 Å². The minimum Gasteiger partial charge on any atom is -0.449 e. The third kappa shape index (κ3) is 3.18. The van der Waals surface area contributed by atoms with Gasteiger partial charge >= 0.3 is 6.09 Å². The highest BCUT2D eigenvalue weighted by atomic mass is 16.5. The molecule has 1 aliphatic carbocycles. The summed E-state index contributed by atoms with van der Waals surface area (Å²) < 4.78 is 5.41. The van der Waals surface area contributed by atoms with Gasteiger partial charge in [0.15, 0.2) is 0 Å². The van der Waals surface area contributed by atoms with Crippen LogP contribution >= 0.6 is 0 Å². The highest BCUT2D eigenvalue weighted by molar-refractivity contribution is 5.80. The summed E-state index contributed by atoms with van der Waals surface area (Å²) >= 11 is 0. The monoisotopic (exact) mass is 323 g/mol. The number of alkyl carbamates (subject to hydrolysis) is 1. The lowest BCUT2D eigenvalue weighted by Crippen LogP contribution is -2.32. The number of rotatable bonds is 5. The van der Waals surface area contributed by atoms with Gasteiger partial charge in [0.05, 0.1) is 0 Å². The number of carbonyl (C=O) groups is 2. The van der Waals surface area contributed by atoms with Crippen molar-refractivity contribution < 1.29 is 14.3 Å². The summed E-state index contributed by atoms with van der Waals surface area (Å²) in [6, 6.07) is 16.4. The Balaban J connectivity index is 1.67. The van der Waals surface area contributed by atoms with Gasteiger partial charge in [-0.2, -0.15) is 0 Å². The molecular formula is C20H21NO3. The Kier molecular flexibility index (Phi) is 4.65. The number of ketones is 1. The molecule has 0 saturated carbocycles. The smallest absolute Gasteiger partial charge is 0.407 e. The van der Waals surface area contributed by atoms with Gasteiger partial charge in [-0.3, -0.25) is 4.79 Å². The number of nitrogens with one attached hydrogen (secondary N) is 1. The van der Waals surface area contributed by atoms with Crippen LogP contribution in [0.2, 0.25) is 0 Å². The summed E-state index contributed by atoms with van der Waals surface area (Å²) in [4.78, 5) is 23.1. The van der Waals surface area contributed by atoms with Gasteiger partial charge in [-0.05, 0) is 29.2 Å². The fourth-order valence-corrected chi connectivity index (χ4v) is 3.03. The van der Waals surface area contributed by atoms with Crippen molar-refractivity contribution in [2.75, 3.05) is 13.2 Å². The molecule has 0 aromatic heterocycles. The molecule has 1 amide bonds. The second kappa shape index (κ2) is 6.87. The van der Waals surface area contributed by atoms with Gasteiger partial charge in [0.25, 0.3) is 0 Å². The SMILES string of the molecule is CC(=O)C(C)CNC(=O)OCC1c2ccccc2-c2ccccc21. The molecule has 2 aromatic rings. The van der Waals surface area contributed by atoms with Gasteiger partial charge < -0.3 is 10.1 Å². The van der Waals surface area contributed by atoms with Crippen molar-refractivity contribution in [3.63, 3.8) is 0 Å². The first-order valence-electron chi connectivity index (χ1n) is 8.17. The van der Waals surface area contributed by atoms with E-state index in [4.69, 9.17) is 4.74 Å². The second-order valence-electron chi connectivity index (χ2n) is 6.22. The lowest BCUT2D eigenvalue weighted by molar-refractivity contribution is -0.120. The van der Waals surface area contributed by atoms with Gasteiger partial charge in [0, 0.05) is 18.4 Å². The van der Waals surface area contributed by atoms with E-state index in [1.807, 2.05) is 24.3 Å². The molecule has 0 radical (unpaired) electrons. The standard InChI is InChI=1S/C20H21NO3/c1-13(14(2)22)11-21-20(23)24-12-19-17-9-5-3-7-15(17)16-8-4-6-10-18(16)19/h3-10,13,19H,11-12H2,1-2H3,(H,21,23). The van der Waals surface area contributed by atoms with Crippen LogP contribution in [0, 0.1) is 5.92 Å². The van der Waals surface area contributed by atoms with E-state index in [0.717, 1.165) is 0 Å². The van der Waals surface area contributed by atoms with Crippen molar-refractivity contribution in [3.8, 4) is 11.1 Å². The Morgan fingerprint density at radius 3 is 2.12 bits per heavy atom. The van der Waals surface area contributed by atoms with E-state index >= 15 is 0 Å². The maximum absolute atomic E-state index is 11.9. The molecule has 1 unspecified atom stereocenters. The molecule has 0 saturated heterocycles. The van der Waals surface area contributed by atoms with Gasteiger partial charge in [0.1, 0.15) is 12.4 Å². The molecule has 0 heterocycles. The zero-order valence-electron chi connectivity index (χ0n) is 13.9. The Morgan fingerprint density at radius 2 is 1.58 bits per heavy atom. The van der Waals surface area contributed by atoms with E-state index in [-0.39, 0.29) is 24.2 Å². The van der Waals surface area contributed by atoms with Gasteiger partial charge in [-0.1, -0.05) is 55.5 Å². The van der Waals surface area contributed by atoms with Crippen LogP contribution in [0.4, 0.5) is 4.79 Å². The van der Waals surface area contributed by atoms with Crippen molar-refractivity contribution >= 4 is 11.9 Å². The molecule has 4 heteroatoms. The molecule has 2 aromatic carbocycles. The fraction of sp³-hybridized carbons (Fsp3) is 0.300. The predicted molar refractivity (Wildman–Crippen MR) is 92.9 cm³/mol. The average Bonchev–Trinajstić information content (AvgIpc) is 2.92. The number of fused-ring (bicyclic) bond motifs is 3. The molecule has 4 nitrogen and oxygen atoms in total. The molecule has 1 N–H and O–H groups in total. The number of benzene rings is 2. The molecule has 0 aliphatic heterocycles. The fourth-order valence-electron chi connectivity index (χ4n) is 3.03. The summed E-state index contributed by atoms with van der Waals surface area (Å²) in [7, 11) is 0.